The molecular formula is C29H32N2O3. The Kier molecular flexibility index (Phi) is 6.52. The van der Waals surface area contributed by atoms with Gasteiger partial charge >= 0.3 is 0 Å². The Morgan fingerprint density at radius 2 is 1.76 bits per heavy atom. The maximum atomic E-state index is 12.9. The number of hydrogen-bond acceptors (Lipinski definition) is 3. The second-order valence-electron chi connectivity index (χ2n) is 9.72. The Morgan fingerprint density at radius 3 is 2.50 bits per heavy atom. The topological polar surface area (TPSA) is 62.6 Å². The van der Waals surface area contributed by atoms with E-state index in [1.54, 1.807) is 0 Å². The van der Waals surface area contributed by atoms with Gasteiger partial charge in [-0.25, -0.2) is 0 Å². The van der Waals surface area contributed by atoms with Crippen molar-refractivity contribution in [3.05, 3.63) is 77.0 Å². The average molecular weight is 457 g/mol. The van der Waals surface area contributed by atoms with Crippen LogP contribution in [0.3, 0.4) is 0 Å². The Morgan fingerprint density at radius 1 is 1.03 bits per heavy atom. The first-order valence-electron chi connectivity index (χ1n) is 12.4. The van der Waals surface area contributed by atoms with Crippen LogP contribution in [-0.4, -0.2) is 23.3 Å². The van der Waals surface area contributed by atoms with Crippen molar-refractivity contribution >= 4 is 17.5 Å². The number of anilines is 1. The number of benzene rings is 2. The Bertz CT molecular complexity index is 1160. The maximum absolute atomic E-state index is 12.9. The lowest BCUT2D eigenvalue weighted by molar-refractivity contribution is -0.116. The fourth-order valence-corrected chi connectivity index (χ4v) is 5.10. The van der Waals surface area contributed by atoms with Gasteiger partial charge in [0.05, 0.1) is 0 Å². The number of hydrogen-bond donors (Lipinski definition) is 1. The number of aryl methyl sites for hydroxylation is 1. The van der Waals surface area contributed by atoms with E-state index in [9.17, 15) is 9.59 Å². The summed E-state index contributed by atoms with van der Waals surface area (Å²) in [6, 6.07) is 17.6. The molecule has 1 N–H and O–H groups in total. The Balaban J connectivity index is 1.20. The van der Waals surface area contributed by atoms with Gasteiger partial charge in [0.25, 0.3) is 5.91 Å². The van der Waals surface area contributed by atoms with Crippen LogP contribution >= 0.6 is 0 Å². The van der Waals surface area contributed by atoms with E-state index >= 15 is 0 Å². The standard InChI is InChI=1S/C29H32N2O3/c1-20-6-9-23(10-7-20)29(33)31-17-16-26-24(19-31)18-27(34-26)22-11-13-25(14-12-22)30-28(32)15-8-21-4-2-3-5-21/h6-7,9-14,18,21H,2-5,8,15-17,19H2,1H3,(H,30,32). The molecule has 2 heterocycles. The molecule has 5 heteroatoms. The third-order valence-electron chi connectivity index (χ3n) is 7.16. The second kappa shape index (κ2) is 9.88. The largest absolute Gasteiger partial charge is 0.461 e. The van der Waals surface area contributed by atoms with Gasteiger partial charge in [-0.2, -0.15) is 0 Å². The first-order valence-corrected chi connectivity index (χ1v) is 12.4. The van der Waals surface area contributed by atoms with E-state index < -0.39 is 0 Å². The van der Waals surface area contributed by atoms with Crippen LogP contribution in [0.4, 0.5) is 5.69 Å². The molecule has 0 spiro atoms. The summed E-state index contributed by atoms with van der Waals surface area (Å²) in [6.45, 7) is 3.23. The molecule has 0 atom stereocenters. The Hall–Kier alpha value is -3.34. The molecule has 1 aromatic heterocycles. The molecule has 0 radical (unpaired) electrons. The van der Waals surface area contributed by atoms with Crippen LogP contribution in [0.1, 0.15) is 65.8 Å². The molecule has 1 fully saturated rings. The lowest BCUT2D eigenvalue weighted by Gasteiger charge is -2.26. The van der Waals surface area contributed by atoms with Crippen molar-refractivity contribution in [3.8, 4) is 11.3 Å². The van der Waals surface area contributed by atoms with Crippen molar-refractivity contribution < 1.29 is 14.0 Å². The monoisotopic (exact) mass is 456 g/mol. The van der Waals surface area contributed by atoms with E-state index in [-0.39, 0.29) is 11.8 Å². The highest BCUT2D eigenvalue weighted by Crippen LogP contribution is 2.31. The molecule has 2 aliphatic rings. The molecule has 0 bridgehead atoms. The van der Waals surface area contributed by atoms with Crippen LogP contribution in [0.5, 0.6) is 0 Å². The molecule has 2 aromatic carbocycles. The number of carbonyl (C=O) groups is 2. The predicted octanol–water partition coefficient (Wildman–Crippen LogP) is 6.36. The molecule has 1 aliphatic heterocycles. The van der Waals surface area contributed by atoms with Gasteiger partial charge in [0, 0.05) is 48.3 Å². The highest BCUT2D eigenvalue weighted by Gasteiger charge is 2.25. The molecule has 34 heavy (non-hydrogen) atoms. The number of nitrogens with one attached hydrogen (secondary N) is 1. The molecule has 176 valence electrons. The first kappa shape index (κ1) is 22.5. The van der Waals surface area contributed by atoms with Crippen molar-refractivity contribution in [3.63, 3.8) is 0 Å². The molecule has 1 saturated carbocycles. The second-order valence-corrected chi connectivity index (χ2v) is 9.72. The number of fused-ring (bicyclic) bond motifs is 1. The van der Waals surface area contributed by atoms with Gasteiger partial charge in [0.15, 0.2) is 0 Å². The first-order chi connectivity index (χ1) is 16.5. The summed E-state index contributed by atoms with van der Waals surface area (Å²) in [5, 5.41) is 3.02. The van der Waals surface area contributed by atoms with Crippen LogP contribution < -0.4 is 5.32 Å². The van der Waals surface area contributed by atoms with Gasteiger partial charge in [0.1, 0.15) is 11.5 Å². The van der Waals surface area contributed by atoms with E-state index in [0.717, 1.165) is 51.8 Å². The van der Waals surface area contributed by atoms with Crippen LogP contribution in [0.15, 0.2) is 59.0 Å². The van der Waals surface area contributed by atoms with Gasteiger partial charge in [-0.15, -0.1) is 0 Å². The van der Waals surface area contributed by atoms with Crippen molar-refractivity contribution in [2.75, 3.05) is 11.9 Å². The summed E-state index contributed by atoms with van der Waals surface area (Å²) in [6.07, 6.45) is 7.46. The Labute approximate surface area is 201 Å². The minimum atomic E-state index is 0.0569. The van der Waals surface area contributed by atoms with Crippen molar-refractivity contribution in [1.82, 2.24) is 4.90 Å². The smallest absolute Gasteiger partial charge is 0.254 e. The van der Waals surface area contributed by atoms with Gasteiger partial charge in [-0.3, -0.25) is 9.59 Å². The van der Waals surface area contributed by atoms with E-state index in [1.165, 1.54) is 25.7 Å². The van der Waals surface area contributed by atoms with Gasteiger partial charge < -0.3 is 14.6 Å². The summed E-state index contributed by atoms with van der Waals surface area (Å²) in [5.41, 5.74) is 4.71. The van der Waals surface area contributed by atoms with Crippen LogP contribution in [0.2, 0.25) is 0 Å². The molecular weight excluding hydrogens is 424 g/mol. The van der Waals surface area contributed by atoms with Crippen molar-refractivity contribution in [1.29, 1.82) is 0 Å². The molecule has 1 aliphatic carbocycles. The summed E-state index contributed by atoms with van der Waals surface area (Å²) in [4.78, 5) is 27.1. The van der Waals surface area contributed by atoms with Crippen molar-refractivity contribution in [2.45, 2.75) is 58.4 Å². The van der Waals surface area contributed by atoms with E-state index in [4.69, 9.17) is 4.42 Å². The number of rotatable bonds is 6. The maximum Gasteiger partial charge on any atom is 0.254 e. The molecule has 3 aromatic rings. The zero-order valence-electron chi connectivity index (χ0n) is 19.8. The summed E-state index contributed by atoms with van der Waals surface area (Å²) in [7, 11) is 0. The van der Waals surface area contributed by atoms with Gasteiger partial charge in [-0.05, 0) is 61.7 Å². The average Bonchev–Trinajstić information content (AvgIpc) is 3.53. The summed E-state index contributed by atoms with van der Waals surface area (Å²) in [5.74, 6) is 2.62. The van der Waals surface area contributed by atoms with E-state index in [2.05, 4.69) is 5.32 Å². The lowest BCUT2D eigenvalue weighted by atomic mass is 10.0. The number of furan rings is 1. The third-order valence-corrected chi connectivity index (χ3v) is 7.16. The van der Waals surface area contributed by atoms with E-state index in [1.807, 2.05) is 66.4 Å². The normalized spacial score (nSPS) is 15.9. The number of carbonyl (C=O) groups excluding carboxylic acids is 2. The van der Waals surface area contributed by atoms with Crippen LogP contribution in [0.25, 0.3) is 11.3 Å². The summed E-state index contributed by atoms with van der Waals surface area (Å²) >= 11 is 0. The lowest BCUT2D eigenvalue weighted by Crippen LogP contribution is -2.35. The molecule has 5 rings (SSSR count). The van der Waals surface area contributed by atoms with Gasteiger partial charge in [-0.1, -0.05) is 43.4 Å². The molecule has 0 unspecified atom stereocenters. The molecule has 0 saturated heterocycles. The highest BCUT2D eigenvalue weighted by atomic mass is 16.3. The van der Waals surface area contributed by atoms with Crippen LogP contribution in [0, 0.1) is 12.8 Å². The fourth-order valence-electron chi connectivity index (χ4n) is 5.10. The zero-order valence-corrected chi connectivity index (χ0v) is 19.8. The number of nitrogens with zero attached hydrogens (tertiary/aromatic N) is 1. The highest BCUT2D eigenvalue weighted by molar-refractivity contribution is 5.94. The zero-order chi connectivity index (χ0) is 23.5. The molecule has 2 amide bonds. The minimum absolute atomic E-state index is 0.0569. The van der Waals surface area contributed by atoms with Crippen LogP contribution in [-0.2, 0) is 17.8 Å². The fraction of sp³-hybridized carbons (Fsp3) is 0.379. The van der Waals surface area contributed by atoms with Gasteiger partial charge in [0.2, 0.25) is 5.91 Å². The predicted molar refractivity (Wildman–Crippen MR) is 134 cm³/mol. The number of amides is 2. The molecule has 5 nitrogen and oxygen atoms in total. The quantitative estimate of drug-likeness (QED) is 0.469. The third kappa shape index (κ3) is 5.09. The van der Waals surface area contributed by atoms with E-state index in [0.29, 0.717) is 25.9 Å². The minimum Gasteiger partial charge on any atom is -0.461 e. The van der Waals surface area contributed by atoms with Crippen molar-refractivity contribution in [2.24, 2.45) is 5.92 Å². The SMILES string of the molecule is Cc1ccc(C(=O)N2CCc3oc(-c4ccc(NC(=O)CCC5CCCC5)cc4)cc3C2)cc1. The summed E-state index contributed by atoms with van der Waals surface area (Å²) < 4.78 is 6.13.